The van der Waals surface area contributed by atoms with E-state index in [-0.39, 0.29) is 11.9 Å². The number of nitrogens with zero attached hydrogens (tertiary/aromatic N) is 2. The lowest BCUT2D eigenvalue weighted by atomic mass is 10.1. The topological polar surface area (TPSA) is 67.2 Å². The summed E-state index contributed by atoms with van der Waals surface area (Å²) in [5, 5.41) is 17.2. The number of fused-ring (bicyclic) bond motifs is 1. The summed E-state index contributed by atoms with van der Waals surface area (Å²) in [6, 6.07) is 7.46. The number of aliphatic hydroxyl groups is 1. The van der Waals surface area contributed by atoms with Gasteiger partial charge in [-0.2, -0.15) is 5.10 Å². The van der Waals surface area contributed by atoms with Crippen LogP contribution in [-0.2, 0) is 13.5 Å². The minimum Gasteiger partial charge on any atom is -0.390 e. The van der Waals surface area contributed by atoms with Crippen LogP contribution in [0.4, 0.5) is 0 Å². The average Bonchev–Trinajstić information content (AvgIpc) is 2.90. The fourth-order valence-electron chi connectivity index (χ4n) is 2.79. The Hall–Kier alpha value is -2.14. The molecular formula is C15H17N3O2. The van der Waals surface area contributed by atoms with E-state index in [1.165, 1.54) is 0 Å². The van der Waals surface area contributed by atoms with E-state index in [0.29, 0.717) is 17.7 Å². The van der Waals surface area contributed by atoms with Gasteiger partial charge in [0.2, 0.25) is 0 Å². The molecule has 1 aromatic carbocycles. The number of carbonyl (C=O) groups excluding carboxylic acids is 1. The zero-order valence-electron chi connectivity index (χ0n) is 11.5. The van der Waals surface area contributed by atoms with Gasteiger partial charge in [-0.25, -0.2) is 0 Å². The third kappa shape index (κ3) is 2.10. The van der Waals surface area contributed by atoms with Gasteiger partial charge in [-0.15, -0.1) is 0 Å². The average molecular weight is 271 g/mol. The van der Waals surface area contributed by atoms with Crippen LogP contribution in [0, 0.1) is 6.92 Å². The number of hydrogen-bond acceptors (Lipinski definition) is 3. The van der Waals surface area contributed by atoms with Crippen molar-refractivity contribution >= 4 is 5.91 Å². The molecular weight excluding hydrogens is 254 g/mol. The summed E-state index contributed by atoms with van der Waals surface area (Å²) in [6.07, 6.45) is 1.69. The van der Waals surface area contributed by atoms with Gasteiger partial charge in [0.15, 0.2) is 0 Å². The molecule has 0 radical (unpaired) electrons. The Morgan fingerprint density at radius 2 is 2.20 bits per heavy atom. The molecule has 20 heavy (non-hydrogen) atoms. The SMILES string of the molecule is Cc1nn(C)cc1C(=O)NC1c2ccccc2CC1O. The molecule has 0 saturated heterocycles. The summed E-state index contributed by atoms with van der Waals surface area (Å²) in [5.74, 6) is -0.198. The van der Waals surface area contributed by atoms with Crippen molar-refractivity contribution in [1.29, 1.82) is 0 Å². The lowest BCUT2D eigenvalue weighted by Crippen LogP contribution is -2.34. The van der Waals surface area contributed by atoms with E-state index in [1.807, 2.05) is 24.3 Å². The first-order valence-electron chi connectivity index (χ1n) is 6.63. The maximum absolute atomic E-state index is 12.3. The number of carbonyl (C=O) groups is 1. The van der Waals surface area contributed by atoms with Crippen LogP contribution in [0.15, 0.2) is 30.5 Å². The van der Waals surface area contributed by atoms with Gasteiger partial charge in [0.05, 0.1) is 23.4 Å². The van der Waals surface area contributed by atoms with Crippen LogP contribution in [0.5, 0.6) is 0 Å². The minimum absolute atomic E-state index is 0.198. The Labute approximate surface area is 117 Å². The third-order valence-corrected chi connectivity index (χ3v) is 3.75. The molecule has 2 aromatic rings. The van der Waals surface area contributed by atoms with E-state index in [2.05, 4.69) is 10.4 Å². The van der Waals surface area contributed by atoms with Crippen LogP contribution in [0.25, 0.3) is 0 Å². The zero-order valence-corrected chi connectivity index (χ0v) is 11.5. The van der Waals surface area contributed by atoms with E-state index in [0.717, 1.165) is 11.1 Å². The van der Waals surface area contributed by atoms with E-state index in [9.17, 15) is 9.90 Å². The first-order valence-corrected chi connectivity index (χ1v) is 6.63. The van der Waals surface area contributed by atoms with Crippen molar-refractivity contribution in [2.75, 3.05) is 0 Å². The van der Waals surface area contributed by atoms with Crippen molar-refractivity contribution in [3.05, 3.63) is 52.8 Å². The van der Waals surface area contributed by atoms with Crippen molar-refractivity contribution in [3.63, 3.8) is 0 Å². The summed E-state index contributed by atoms with van der Waals surface area (Å²) < 4.78 is 1.61. The minimum atomic E-state index is -0.576. The Kier molecular flexibility index (Phi) is 3.06. The molecule has 0 saturated carbocycles. The van der Waals surface area contributed by atoms with Gasteiger partial charge in [0.1, 0.15) is 0 Å². The lowest BCUT2D eigenvalue weighted by molar-refractivity contribution is 0.0857. The Morgan fingerprint density at radius 1 is 1.45 bits per heavy atom. The van der Waals surface area contributed by atoms with Crippen LogP contribution in [0.2, 0.25) is 0 Å². The first-order chi connectivity index (χ1) is 9.56. The fraction of sp³-hybridized carbons (Fsp3) is 0.333. The third-order valence-electron chi connectivity index (χ3n) is 3.75. The first kappa shape index (κ1) is 12.9. The van der Waals surface area contributed by atoms with Crippen molar-refractivity contribution in [2.24, 2.45) is 7.05 Å². The number of benzene rings is 1. The second kappa shape index (κ2) is 4.76. The summed E-state index contributed by atoms with van der Waals surface area (Å²) in [6.45, 7) is 1.80. The standard InChI is InChI=1S/C15H17N3O2/c1-9-12(8-18(2)17-9)15(20)16-14-11-6-4-3-5-10(11)7-13(14)19/h3-6,8,13-14,19H,7H2,1-2H3,(H,16,20). The number of hydrogen-bond donors (Lipinski definition) is 2. The van der Waals surface area contributed by atoms with E-state index >= 15 is 0 Å². The van der Waals surface area contributed by atoms with Gasteiger partial charge in [0.25, 0.3) is 5.91 Å². The van der Waals surface area contributed by atoms with Crippen molar-refractivity contribution in [3.8, 4) is 0 Å². The van der Waals surface area contributed by atoms with E-state index < -0.39 is 6.10 Å². The normalized spacial score (nSPS) is 20.8. The molecule has 5 heteroatoms. The quantitative estimate of drug-likeness (QED) is 0.860. The number of aryl methyl sites for hydroxylation is 2. The number of amides is 1. The van der Waals surface area contributed by atoms with Gasteiger partial charge in [0, 0.05) is 19.7 Å². The van der Waals surface area contributed by atoms with Crippen LogP contribution in [0.1, 0.15) is 33.2 Å². The highest BCUT2D eigenvalue weighted by atomic mass is 16.3. The monoisotopic (exact) mass is 271 g/mol. The number of aromatic nitrogens is 2. The van der Waals surface area contributed by atoms with Gasteiger partial charge in [-0.1, -0.05) is 24.3 Å². The maximum Gasteiger partial charge on any atom is 0.255 e. The van der Waals surface area contributed by atoms with Gasteiger partial charge < -0.3 is 10.4 Å². The van der Waals surface area contributed by atoms with Crippen LogP contribution in [-0.4, -0.2) is 26.9 Å². The lowest BCUT2D eigenvalue weighted by Gasteiger charge is -2.17. The highest BCUT2D eigenvalue weighted by Gasteiger charge is 2.32. The Morgan fingerprint density at radius 3 is 2.90 bits per heavy atom. The predicted molar refractivity (Wildman–Crippen MR) is 74.3 cm³/mol. The molecule has 1 amide bonds. The molecule has 1 aliphatic carbocycles. The van der Waals surface area contributed by atoms with Crippen molar-refractivity contribution in [1.82, 2.24) is 15.1 Å². The highest BCUT2D eigenvalue weighted by molar-refractivity contribution is 5.95. The molecule has 2 N–H and O–H groups in total. The predicted octanol–water partition coefficient (Wildman–Crippen LogP) is 1.12. The molecule has 3 rings (SSSR count). The summed E-state index contributed by atoms with van der Waals surface area (Å²) >= 11 is 0. The molecule has 5 nitrogen and oxygen atoms in total. The molecule has 1 aromatic heterocycles. The largest absolute Gasteiger partial charge is 0.390 e. The maximum atomic E-state index is 12.3. The molecule has 0 bridgehead atoms. The van der Waals surface area contributed by atoms with Gasteiger partial charge >= 0.3 is 0 Å². The van der Waals surface area contributed by atoms with Gasteiger partial charge in [-0.05, 0) is 18.1 Å². The number of rotatable bonds is 2. The summed E-state index contributed by atoms with van der Waals surface area (Å²) in [5.41, 5.74) is 3.32. The van der Waals surface area contributed by atoms with Crippen molar-refractivity contribution < 1.29 is 9.90 Å². The summed E-state index contributed by atoms with van der Waals surface area (Å²) in [7, 11) is 1.78. The van der Waals surface area contributed by atoms with Crippen LogP contribution < -0.4 is 5.32 Å². The number of nitrogens with one attached hydrogen (secondary N) is 1. The van der Waals surface area contributed by atoms with Crippen molar-refractivity contribution in [2.45, 2.75) is 25.5 Å². The number of aliphatic hydroxyl groups excluding tert-OH is 1. The molecule has 1 aliphatic rings. The molecule has 0 spiro atoms. The highest BCUT2D eigenvalue weighted by Crippen LogP contribution is 2.31. The van der Waals surface area contributed by atoms with Crippen LogP contribution in [0.3, 0.4) is 0 Å². The zero-order chi connectivity index (χ0) is 14.3. The second-order valence-electron chi connectivity index (χ2n) is 5.22. The van der Waals surface area contributed by atoms with Crippen LogP contribution >= 0.6 is 0 Å². The molecule has 2 atom stereocenters. The Bertz CT molecular complexity index is 663. The smallest absolute Gasteiger partial charge is 0.255 e. The molecule has 0 fully saturated rings. The molecule has 104 valence electrons. The fourth-order valence-corrected chi connectivity index (χ4v) is 2.79. The molecule has 1 heterocycles. The van der Waals surface area contributed by atoms with Gasteiger partial charge in [-0.3, -0.25) is 9.48 Å². The Balaban J connectivity index is 1.85. The van der Waals surface area contributed by atoms with E-state index in [1.54, 1.807) is 24.9 Å². The molecule has 0 aliphatic heterocycles. The van der Waals surface area contributed by atoms with E-state index in [4.69, 9.17) is 0 Å². The second-order valence-corrected chi connectivity index (χ2v) is 5.22. The summed E-state index contributed by atoms with van der Waals surface area (Å²) in [4.78, 5) is 12.3. The molecule has 2 unspecified atom stereocenters.